The Morgan fingerprint density at radius 1 is 1.02 bits per heavy atom. The number of aromatic nitrogens is 3. The van der Waals surface area contributed by atoms with Gasteiger partial charge in [-0.3, -0.25) is 19.1 Å². The van der Waals surface area contributed by atoms with Gasteiger partial charge in [-0.15, -0.1) is 33.9 Å². The Morgan fingerprint density at radius 2 is 1.78 bits per heavy atom. The summed E-state index contributed by atoms with van der Waals surface area (Å²) in [6.45, 7) is 8.61. The molecule has 1 aliphatic heterocycles. The molecule has 0 saturated heterocycles. The number of hydrogen-bond donors (Lipinski definition) is 3. The molecule has 2 aromatic carbocycles. The van der Waals surface area contributed by atoms with E-state index >= 15 is 0 Å². The molecule has 4 N–H and O–H groups in total. The maximum atomic E-state index is 13.7. The number of halogens is 2. The number of nitrogens with zero attached hydrogens (tertiary/aromatic N) is 4. The number of nitrogens with one attached hydrogen (secondary N) is 2. The van der Waals surface area contributed by atoms with Crippen LogP contribution in [-0.4, -0.2) is 44.9 Å². The number of nitrogens with two attached hydrogens (primary N) is 1. The molecular formula is C39H47Cl2N7O2S. The van der Waals surface area contributed by atoms with Crippen LogP contribution in [0.3, 0.4) is 0 Å². The first kappa shape index (κ1) is 39.8. The lowest BCUT2D eigenvalue weighted by atomic mass is 9.99. The van der Waals surface area contributed by atoms with E-state index in [4.69, 9.17) is 22.3 Å². The fourth-order valence-corrected chi connectivity index (χ4v) is 7.65. The Labute approximate surface area is 316 Å². The van der Waals surface area contributed by atoms with Crippen LogP contribution in [0, 0.1) is 32.6 Å². The van der Waals surface area contributed by atoms with E-state index in [0.717, 1.165) is 89.4 Å². The van der Waals surface area contributed by atoms with Gasteiger partial charge in [0.2, 0.25) is 11.8 Å². The summed E-state index contributed by atoms with van der Waals surface area (Å²) in [4.78, 5) is 32.6. The van der Waals surface area contributed by atoms with Gasteiger partial charge < -0.3 is 16.4 Å². The van der Waals surface area contributed by atoms with Gasteiger partial charge in [0, 0.05) is 44.7 Å². The van der Waals surface area contributed by atoms with Crippen LogP contribution in [0.4, 0.5) is 5.69 Å². The Morgan fingerprint density at radius 3 is 2.53 bits per heavy atom. The Balaban J connectivity index is 0.00000583. The SMILES string of the molecule is CCC[C@@H](CCCCCCC(=O)Nc1cccc(C#CCN)c1)NC(=O)CC1N=C(c2ccc(Cl)cc2)c2c(sc(C)c2C)-n2c(C)nnc21.Cl. The molecule has 1 aliphatic rings. The molecule has 0 bridgehead atoms. The molecule has 4 aromatic rings. The lowest BCUT2D eigenvalue weighted by Crippen LogP contribution is -2.35. The second kappa shape index (κ2) is 19.0. The van der Waals surface area contributed by atoms with E-state index < -0.39 is 6.04 Å². The second-order valence-electron chi connectivity index (χ2n) is 12.7. The van der Waals surface area contributed by atoms with E-state index in [2.05, 4.69) is 58.0 Å². The molecule has 0 saturated carbocycles. The topological polar surface area (TPSA) is 127 Å². The van der Waals surface area contributed by atoms with E-state index in [1.165, 1.54) is 4.88 Å². The zero-order chi connectivity index (χ0) is 35.6. The Kier molecular flexibility index (Phi) is 14.8. The summed E-state index contributed by atoms with van der Waals surface area (Å²) in [7, 11) is 0. The third kappa shape index (κ3) is 10.3. The first-order valence-corrected chi connectivity index (χ1v) is 18.6. The molecular weight excluding hydrogens is 701 g/mol. The van der Waals surface area contributed by atoms with Crippen LogP contribution in [0.1, 0.15) is 110 Å². The predicted octanol–water partition coefficient (Wildman–Crippen LogP) is 8.19. The number of thiophene rings is 1. The van der Waals surface area contributed by atoms with Crippen molar-refractivity contribution < 1.29 is 9.59 Å². The molecule has 0 aliphatic carbocycles. The van der Waals surface area contributed by atoms with Gasteiger partial charge in [0.25, 0.3) is 0 Å². The number of aryl methyl sites for hydroxylation is 2. The molecule has 9 nitrogen and oxygen atoms in total. The number of carbonyl (C=O) groups is 2. The first-order valence-electron chi connectivity index (χ1n) is 17.4. The average Bonchev–Trinajstić information content (AvgIpc) is 3.57. The maximum absolute atomic E-state index is 13.7. The van der Waals surface area contributed by atoms with Gasteiger partial charge in [0.1, 0.15) is 16.9 Å². The van der Waals surface area contributed by atoms with Gasteiger partial charge in [0.05, 0.1) is 18.7 Å². The lowest BCUT2D eigenvalue weighted by Gasteiger charge is -2.20. The Bertz CT molecular complexity index is 1910. The van der Waals surface area contributed by atoms with Gasteiger partial charge in [0.15, 0.2) is 5.82 Å². The monoisotopic (exact) mass is 747 g/mol. The zero-order valence-electron chi connectivity index (χ0n) is 29.7. The highest BCUT2D eigenvalue weighted by atomic mass is 35.5. The number of aliphatic imine (C=N–C) groups is 1. The Hall–Kier alpha value is -4.01. The van der Waals surface area contributed by atoms with Gasteiger partial charge in [-0.1, -0.05) is 74.2 Å². The number of unbranched alkanes of at least 4 members (excludes halogenated alkanes) is 3. The number of carbonyl (C=O) groups excluding carboxylic acids is 2. The van der Waals surface area contributed by atoms with Crippen molar-refractivity contribution >= 4 is 58.6 Å². The van der Waals surface area contributed by atoms with Crippen LogP contribution in [0.5, 0.6) is 0 Å². The second-order valence-corrected chi connectivity index (χ2v) is 14.4. The molecule has 1 unspecified atom stereocenters. The molecule has 2 amide bonds. The highest BCUT2D eigenvalue weighted by Crippen LogP contribution is 2.39. The van der Waals surface area contributed by atoms with E-state index in [1.807, 2.05) is 55.5 Å². The number of anilines is 1. The van der Waals surface area contributed by atoms with Crippen LogP contribution in [0.25, 0.3) is 5.00 Å². The normalized spacial score (nSPS) is 13.8. The lowest BCUT2D eigenvalue weighted by molar-refractivity contribution is -0.122. The molecule has 270 valence electrons. The highest BCUT2D eigenvalue weighted by molar-refractivity contribution is 7.15. The molecule has 2 atom stereocenters. The minimum Gasteiger partial charge on any atom is -0.353 e. The summed E-state index contributed by atoms with van der Waals surface area (Å²) in [6, 6.07) is 14.8. The zero-order valence-corrected chi connectivity index (χ0v) is 32.1. The van der Waals surface area contributed by atoms with Gasteiger partial charge in [-0.25, -0.2) is 0 Å². The average molecular weight is 749 g/mol. The van der Waals surface area contributed by atoms with Crippen LogP contribution in [0.15, 0.2) is 53.5 Å². The fourth-order valence-electron chi connectivity index (χ4n) is 6.31. The van der Waals surface area contributed by atoms with Crippen molar-refractivity contribution in [3.63, 3.8) is 0 Å². The summed E-state index contributed by atoms with van der Waals surface area (Å²) >= 11 is 7.94. The van der Waals surface area contributed by atoms with E-state index in [1.54, 1.807) is 11.3 Å². The smallest absolute Gasteiger partial charge is 0.224 e. The van der Waals surface area contributed by atoms with Crippen molar-refractivity contribution in [2.24, 2.45) is 10.7 Å². The number of fused-ring (bicyclic) bond motifs is 3. The number of hydrogen-bond acceptors (Lipinski definition) is 7. The molecule has 0 spiro atoms. The molecule has 0 fully saturated rings. The van der Waals surface area contributed by atoms with Crippen LogP contribution in [-0.2, 0) is 9.59 Å². The quantitative estimate of drug-likeness (QED) is 0.0886. The molecule has 2 aromatic heterocycles. The van der Waals surface area contributed by atoms with Crippen molar-refractivity contribution in [1.82, 2.24) is 20.1 Å². The molecule has 5 rings (SSSR count). The first-order chi connectivity index (χ1) is 24.2. The number of rotatable bonds is 14. The van der Waals surface area contributed by atoms with Crippen molar-refractivity contribution in [1.29, 1.82) is 0 Å². The number of amides is 2. The van der Waals surface area contributed by atoms with Crippen LogP contribution >= 0.6 is 35.3 Å². The summed E-state index contributed by atoms with van der Waals surface area (Å²) in [6.07, 6.45) is 7.11. The van der Waals surface area contributed by atoms with Crippen molar-refractivity contribution in [3.05, 3.63) is 92.3 Å². The summed E-state index contributed by atoms with van der Waals surface area (Å²) in [5.74, 6) is 7.21. The standard InChI is InChI=1S/C39H46ClN7O2S.ClH/c1-5-12-31(15-8-6-7-9-17-34(48)43-32-16-10-13-28(23-32)14-11-22-41)42-35(49)24-33-38-46-45-27(4)47(38)39-36(25(2)26(3)50-39)37(44-33)29-18-20-30(40)21-19-29;/h10,13,16,18-21,23,31,33H,5-9,12,15,17,22,24,41H2,1-4H3,(H,42,49)(H,43,48);1H/t31-,33?;/m0./s1. The van der Waals surface area contributed by atoms with Gasteiger partial charge >= 0.3 is 0 Å². The van der Waals surface area contributed by atoms with Crippen LogP contribution in [0.2, 0.25) is 5.02 Å². The summed E-state index contributed by atoms with van der Waals surface area (Å²) in [5, 5.41) is 16.9. The largest absolute Gasteiger partial charge is 0.353 e. The van der Waals surface area contributed by atoms with Crippen molar-refractivity contribution in [3.8, 4) is 16.8 Å². The van der Waals surface area contributed by atoms with Crippen molar-refractivity contribution in [2.75, 3.05) is 11.9 Å². The molecule has 12 heteroatoms. The number of benzene rings is 2. The minimum atomic E-state index is -0.504. The van der Waals surface area contributed by atoms with Gasteiger partial charge in [-0.2, -0.15) is 0 Å². The highest BCUT2D eigenvalue weighted by Gasteiger charge is 2.32. The third-order valence-corrected chi connectivity index (χ3v) is 10.4. The van der Waals surface area contributed by atoms with Crippen LogP contribution < -0.4 is 16.4 Å². The summed E-state index contributed by atoms with van der Waals surface area (Å²) < 4.78 is 2.07. The van der Waals surface area contributed by atoms with E-state index in [-0.39, 0.29) is 36.7 Å². The maximum Gasteiger partial charge on any atom is 0.224 e. The van der Waals surface area contributed by atoms with E-state index in [0.29, 0.717) is 23.8 Å². The third-order valence-electron chi connectivity index (χ3n) is 8.93. The fraction of sp³-hybridized carbons (Fsp3) is 0.410. The minimum absolute atomic E-state index is 0. The van der Waals surface area contributed by atoms with Crippen molar-refractivity contribution in [2.45, 2.75) is 97.6 Å². The molecule has 3 heterocycles. The van der Waals surface area contributed by atoms with Gasteiger partial charge in [-0.05, 0) is 75.9 Å². The molecule has 0 radical (unpaired) electrons. The molecule has 51 heavy (non-hydrogen) atoms. The summed E-state index contributed by atoms with van der Waals surface area (Å²) in [5.41, 5.74) is 11.0. The predicted molar refractivity (Wildman–Crippen MR) is 211 cm³/mol. The van der Waals surface area contributed by atoms with E-state index in [9.17, 15) is 9.59 Å².